The standard InChI is InChI=1S/C19H13F4N3O2/c1-11-13(20)3-2-4-14(11)26-16-9-12(28-10-19(21,22)23)5-6-15(16)25-8-7-24-17(25)18(26)27/h2-9H,10H2,1H3. The van der Waals surface area contributed by atoms with Crippen LogP contribution in [0.1, 0.15) is 5.56 Å². The van der Waals surface area contributed by atoms with Gasteiger partial charge >= 0.3 is 6.18 Å². The zero-order valence-electron chi connectivity index (χ0n) is 14.5. The number of nitrogens with zero attached hydrogens (tertiary/aromatic N) is 3. The van der Waals surface area contributed by atoms with Crippen LogP contribution < -0.4 is 10.3 Å². The monoisotopic (exact) mass is 391 g/mol. The molecule has 4 aromatic rings. The molecule has 144 valence electrons. The molecule has 4 rings (SSSR count). The molecule has 0 aliphatic heterocycles. The van der Waals surface area contributed by atoms with Crippen molar-refractivity contribution >= 4 is 16.7 Å². The first-order valence-corrected chi connectivity index (χ1v) is 8.23. The minimum atomic E-state index is -4.50. The molecule has 0 atom stereocenters. The molecule has 0 aliphatic carbocycles. The fourth-order valence-corrected chi connectivity index (χ4v) is 3.08. The molecule has 0 bridgehead atoms. The molecular formula is C19H13F4N3O2. The average molecular weight is 391 g/mol. The normalized spacial score (nSPS) is 12.0. The van der Waals surface area contributed by atoms with Crippen LogP contribution in [0.5, 0.6) is 5.75 Å². The number of rotatable bonds is 3. The summed E-state index contributed by atoms with van der Waals surface area (Å²) in [4.78, 5) is 17.1. The number of aromatic nitrogens is 3. The number of imidazole rings is 1. The summed E-state index contributed by atoms with van der Waals surface area (Å²) in [5.41, 5.74) is 0.857. The van der Waals surface area contributed by atoms with Crippen LogP contribution in [0.25, 0.3) is 22.4 Å². The van der Waals surface area contributed by atoms with Gasteiger partial charge in [-0.05, 0) is 31.2 Å². The van der Waals surface area contributed by atoms with Crippen molar-refractivity contribution in [1.82, 2.24) is 14.0 Å². The van der Waals surface area contributed by atoms with E-state index in [1.807, 2.05) is 0 Å². The molecule has 0 saturated heterocycles. The Kier molecular flexibility index (Phi) is 4.10. The molecule has 0 amide bonds. The van der Waals surface area contributed by atoms with Gasteiger partial charge in [-0.25, -0.2) is 9.37 Å². The second-order valence-electron chi connectivity index (χ2n) is 6.20. The first-order chi connectivity index (χ1) is 13.3. The Morgan fingerprint density at radius 3 is 2.68 bits per heavy atom. The Hall–Kier alpha value is -3.36. The zero-order valence-corrected chi connectivity index (χ0v) is 14.5. The Bertz CT molecular complexity index is 1260. The van der Waals surface area contributed by atoms with Gasteiger partial charge in [0.2, 0.25) is 5.65 Å². The smallest absolute Gasteiger partial charge is 0.422 e. The zero-order chi connectivity index (χ0) is 20.1. The maximum absolute atomic E-state index is 14.1. The van der Waals surface area contributed by atoms with Crippen molar-refractivity contribution < 1.29 is 22.3 Å². The second kappa shape index (κ2) is 6.36. The molecule has 0 radical (unpaired) electrons. The Morgan fingerprint density at radius 2 is 1.93 bits per heavy atom. The van der Waals surface area contributed by atoms with E-state index in [2.05, 4.69) is 4.98 Å². The Balaban J connectivity index is 2.03. The molecule has 9 heteroatoms. The SMILES string of the molecule is Cc1c(F)cccc1-n1c(=O)c2nccn2c2ccc(OCC(F)(F)F)cc21. The van der Waals surface area contributed by atoms with Gasteiger partial charge in [0.1, 0.15) is 11.6 Å². The minimum absolute atomic E-state index is 0.0634. The lowest BCUT2D eigenvalue weighted by molar-refractivity contribution is -0.153. The quantitative estimate of drug-likeness (QED) is 0.496. The topological polar surface area (TPSA) is 48.5 Å². The van der Waals surface area contributed by atoms with Crippen LogP contribution in [-0.4, -0.2) is 26.7 Å². The molecule has 2 aromatic carbocycles. The van der Waals surface area contributed by atoms with Gasteiger partial charge in [-0.2, -0.15) is 13.2 Å². The van der Waals surface area contributed by atoms with Crippen LogP contribution in [0.4, 0.5) is 17.6 Å². The van der Waals surface area contributed by atoms with E-state index in [1.54, 1.807) is 12.3 Å². The molecule has 0 aliphatic rings. The van der Waals surface area contributed by atoms with Crippen molar-refractivity contribution in [3.05, 3.63) is 70.5 Å². The van der Waals surface area contributed by atoms with Gasteiger partial charge in [0.25, 0.3) is 5.56 Å². The van der Waals surface area contributed by atoms with Gasteiger partial charge in [0.15, 0.2) is 6.61 Å². The van der Waals surface area contributed by atoms with Crippen molar-refractivity contribution in [2.75, 3.05) is 6.61 Å². The number of alkyl halides is 3. The van der Waals surface area contributed by atoms with Gasteiger partial charge in [-0.3, -0.25) is 13.8 Å². The maximum Gasteiger partial charge on any atom is 0.422 e. The number of hydrogen-bond acceptors (Lipinski definition) is 3. The minimum Gasteiger partial charge on any atom is -0.484 e. The molecule has 28 heavy (non-hydrogen) atoms. The van der Waals surface area contributed by atoms with E-state index in [9.17, 15) is 22.4 Å². The van der Waals surface area contributed by atoms with Gasteiger partial charge in [-0.15, -0.1) is 0 Å². The van der Waals surface area contributed by atoms with Gasteiger partial charge in [0, 0.05) is 24.0 Å². The van der Waals surface area contributed by atoms with Crippen LogP contribution in [0.3, 0.4) is 0 Å². The van der Waals surface area contributed by atoms with Crippen LogP contribution in [-0.2, 0) is 0 Å². The van der Waals surface area contributed by atoms with Crippen molar-refractivity contribution in [2.24, 2.45) is 0 Å². The summed E-state index contributed by atoms with van der Waals surface area (Å²) < 4.78 is 59.1. The fourth-order valence-electron chi connectivity index (χ4n) is 3.08. The molecule has 0 unspecified atom stereocenters. The third-order valence-electron chi connectivity index (χ3n) is 4.36. The van der Waals surface area contributed by atoms with Gasteiger partial charge < -0.3 is 4.74 Å². The van der Waals surface area contributed by atoms with Crippen molar-refractivity contribution in [3.8, 4) is 11.4 Å². The first-order valence-electron chi connectivity index (χ1n) is 8.23. The number of halogens is 4. The summed E-state index contributed by atoms with van der Waals surface area (Å²) in [5.74, 6) is -0.572. The number of hydrogen-bond donors (Lipinski definition) is 0. The highest BCUT2D eigenvalue weighted by Gasteiger charge is 2.28. The van der Waals surface area contributed by atoms with E-state index in [4.69, 9.17) is 4.74 Å². The highest BCUT2D eigenvalue weighted by atomic mass is 19.4. The summed E-state index contributed by atoms with van der Waals surface area (Å²) in [7, 11) is 0. The molecule has 0 fully saturated rings. The van der Waals surface area contributed by atoms with E-state index in [1.165, 1.54) is 52.4 Å². The maximum atomic E-state index is 14.1. The van der Waals surface area contributed by atoms with Crippen LogP contribution >= 0.6 is 0 Å². The van der Waals surface area contributed by atoms with E-state index in [0.29, 0.717) is 5.52 Å². The summed E-state index contributed by atoms with van der Waals surface area (Å²) in [6, 6.07) is 8.50. The van der Waals surface area contributed by atoms with Crippen molar-refractivity contribution in [3.63, 3.8) is 0 Å². The number of benzene rings is 2. The first kappa shape index (κ1) is 18.0. The summed E-state index contributed by atoms with van der Waals surface area (Å²) in [5, 5.41) is 0. The highest BCUT2D eigenvalue weighted by Crippen LogP contribution is 2.26. The summed E-state index contributed by atoms with van der Waals surface area (Å²) >= 11 is 0. The lowest BCUT2D eigenvalue weighted by atomic mass is 10.1. The average Bonchev–Trinajstić information content (AvgIpc) is 3.13. The fraction of sp³-hybridized carbons (Fsp3) is 0.158. The lowest BCUT2D eigenvalue weighted by Gasteiger charge is -2.16. The number of fused-ring (bicyclic) bond motifs is 3. The van der Waals surface area contributed by atoms with Crippen molar-refractivity contribution in [1.29, 1.82) is 0 Å². The van der Waals surface area contributed by atoms with Crippen LogP contribution in [0, 0.1) is 12.7 Å². The molecule has 0 spiro atoms. The Morgan fingerprint density at radius 1 is 1.14 bits per heavy atom. The third-order valence-corrected chi connectivity index (χ3v) is 4.36. The summed E-state index contributed by atoms with van der Waals surface area (Å²) in [6.07, 6.45) is -1.49. The largest absolute Gasteiger partial charge is 0.484 e. The molecular weight excluding hydrogens is 378 g/mol. The summed E-state index contributed by atoms with van der Waals surface area (Å²) in [6.45, 7) is 0.0533. The molecule has 0 N–H and O–H groups in total. The third kappa shape index (κ3) is 2.98. The van der Waals surface area contributed by atoms with Gasteiger partial charge in [-0.1, -0.05) is 6.07 Å². The Labute approximate surface area is 155 Å². The predicted octanol–water partition coefficient (Wildman–Crippen LogP) is 4.03. The van der Waals surface area contributed by atoms with Crippen LogP contribution in [0.15, 0.2) is 53.6 Å². The number of ether oxygens (including phenoxy) is 1. The lowest BCUT2D eigenvalue weighted by Crippen LogP contribution is -2.23. The molecule has 2 aromatic heterocycles. The van der Waals surface area contributed by atoms with Gasteiger partial charge in [0.05, 0.1) is 16.7 Å². The highest BCUT2D eigenvalue weighted by molar-refractivity contribution is 5.81. The molecule has 5 nitrogen and oxygen atoms in total. The van der Waals surface area contributed by atoms with Crippen molar-refractivity contribution in [2.45, 2.75) is 13.1 Å². The second-order valence-corrected chi connectivity index (χ2v) is 6.20. The molecule has 2 heterocycles. The van der Waals surface area contributed by atoms with E-state index >= 15 is 0 Å². The van der Waals surface area contributed by atoms with E-state index in [0.717, 1.165) is 0 Å². The predicted molar refractivity (Wildman–Crippen MR) is 94.5 cm³/mol. The van der Waals surface area contributed by atoms with E-state index < -0.39 is 24.2 Å². The van der Waals surface area contributed by atoms with Crippen LogP contribution in [0.2, 0.25) is 0 Å². The van der Waals surface area contributed by atoms with E-state index in [-0.39, 0.29) is 28.2 Å². The molecule has 0 saturated carbocycles.